The van der Waals surface area contributed by atoms with Gasteiger partial charge in [0.2, 0.25) is 0 Å². The van der Waals surface area contributed by atoms with E-state index >= 15 is 0 Å². The molecule has 27 heavy (non-hydrogen) atoms. The average Bonchev–Trinajstić information content (AvgIpc) is 2.93. The van der Waals surface area contributed by atoms with Crippen LogP contribution < -0.4 is 5.32 Å². The molecule has 2 N–H and O–H groups in total. The van der Waals surface area contributed by atoms with E-state index in [1.165, 1.54) is 6.07 Å². The molecule has 144 valence electrons. The Hall–Kier alpha value is -3.16. The first-order chi connectivity index (χ1) is 12.8. The SMILES string of the molecule is CCOC(=O)c1c(C)[nH]c(C(=O)OCC(=O)NCc2ccccc2F)c1C. The lowest BCUT2D eigenvalue weighted by atomic mass is 10.1. The minimum Gasteiger partial charge on any atom is -0.462 e. The quantitative estimate of drug-likeness (QED) is 0.724. The molecule has 2 aromatic rings. The van der Waals surface area contributed by atoms with Crippen LogP contribution in [0.4, 0.5) is 4.39 Å². The van der Waals surface area contributed by atoms with Crippen LogP contribution in [0.5, 0.6) is 0 Å². The molecule has 0 spiro atoms. The summed E-state index contributed by atoms with van der Waals surface area (Å²) >= 11 is 0. The average molecular weight is 376 g/mol. The number of nitrogens with one attached hydrogen (secondary N) is 2. The van der Waals surface area contributed by atoms with E-state index in [0.717, 1.165) is 0 Å². The number of esters is 2. The number of hydrogen-bond donors (Lipinski definition) is 2. The number of benzene rings is 1. The van der Waals surface area contributed by atoms with Crippen LogP contribution in [0.25, 0.3) is 0 Å². The molecule has 0 radical (unpaired) electrons. The van der Waals surface area contributed by atoms with E-state index in [2.05, 4.69) is 10.3 Å². The Morgan fingerprint density at radius 3 is 2.48 bits per heavy atom. The van der Waals surface area contributed by atoms with Gasteiger partial charge in [-0.3, -0.25) is 4.79 Å². The van der Waals surface area contributed by atoms with Crippen molar-refractivity contribution < 1.29 is 28.2 Å². The zero-order valence-corrected chi connectivity index (χ0v) is 15.3. The fourth-order valence-electron chi connectivity index (χ4n) is 2.55. The topological polar surface area (TPSA) is 97.5 Å². The molecule has 7 nitrogen and oxygen atoms in total. The predicted octanol–water partition coefficient (Wildman–Crippen LogP) is 2.42. The Kier molecular flexibility index (Phi) is 6.70. The Morgan fingerprint density at radius 2 is 1.81 bits per heavy atom. The monoisotopic (exact) mass is 376 g/mol. The molecule has 1 aromatic carbocycles. The third-order valence-electron chi connectivity index (χ3n) is 3.89. The largest absolute Gasteiger partial charge is 0.462 e. The van der Waals surface area contributed by atoms with Crippen molar-refractivity contribution in [1.82, 2.24) is 10.3 Å². The number of amides is 1. The number of H-pyrrole nitrogens is 1. The van der Waals surface area contributed by atoms with Gasteiger partial charge >= 0.3 is 11.9 Å². The Balaban J connectivity index is 1.94. The number of aromatic amines is 1. The lowest BCUT2D eigenvalue weighted by Crippen LogP contribution is -2.28. The second-order valence-electron chi connectivity index (χ2n) is 5.79. The van der Waals surface area contributed by atoms with Crippen LogP contribution in [0.1, 0.15) is 44.6 Å². The van der Waals surface area contributed by atoms with E-state index in [1.807, 2.05) is 0 Å². The van der Waals surface area contributed by atoms with Gasteiger partial charge < -0.3 is 19.8 Å². The van der Waals surface area contributed by atoms with Crippen LogP contribution in [0.2, 0.25) is 0 Å². The van der Waals surface area contributed by atoms with Gasteiger partial charge in [-0.15, -0.1) is 0 Å². The van der Waals surface area contributed by atoms with Crippen molar-refractivity contribution in [2.75, 3.05) is 13.2 Å². The molecule has 0 atom stereocenters. The molecule has 1 heterocycles. The molecule has 0 bridgehead atoms. The maximum Gasteiger partial charge on any atom is 0.355 e. The second-order valence-corrected chi connectivity index (χ2v) is 5.79. The maximum absolute atomic E-state index is 13.5. The van der Waals surface area contributed by atoms with Gasteiger partial charge in [0.25, 0.3) is 5.91 Å². The zero-order valence-electron chi connectivity index (χ0n) is 15.3. The van der Waals surface area contributed by atoms with Crippen molar-refractivity contribution in [2.45, 2.75) is 27.3 Å². The molecule has 0 fully saturated rings. The first kappa shape index (κ1) is 20.2. The van der Waals surface area contributed by atoms with Gasteiger partial charge in [0.05, 0.1) is 12.2 Å². The normalized spacial score (nSPS) is 10.4. The first-order valence-corrected chi connectivity index (χ1v) is 8.38. The molecular weight excluding hydrogens is 355 g/mol. The van der Waals surface area contributed by atoms with Crippen molar-refractivity contribution in [3.63, 3.8) is 0 Å². The van der Waals surface area contributed by atoms with Gasteiger partial charge in [-0.25, -0.2) is 14.0 Å². The third kappa shape index (κ3) is 4.93. The lowest BCUT2D eigenvalue weighted by Gasteiger charge is -2.07. The summed E-state index contributed by atoms with van der Waals surface area (Å²) < 4.78 is 23.4. The summed E-state index contributed by atoms with van der Waals surface area (Å²) in [5.41, 5.74) is 1.54. The summed E-state index contributed by atoms with van der Waals surface area (Å²) in [5, 5.41) is 2.47. The molecule has 2 rings (SSSR count). The zero-order chi connectivity index (χ0) is 20.0. The van der Waals surface area contributed by atoms with Crippen LogP contribution in [0.15, 0.2) is 24.3 Å². The molecule has 0 aliphatic rings. The maximum atomic E-state index is 13.5. The molecule has 0 aliphatic heterocycles. The Labute approximate surface area is 155 Å². The van der Waals surface area contributed by atoms with Gasteiger partial charge in [-0.1, -0.05) is 18.2 Å². The summed E-state index contributed by atoms with van der Waals surface area (Å²) in [7, 11) is 0. The number of rotatable bonds is 7. The van der Waals surface area contributed by atoms with Gasteiger partial charge in [-0.05, 0) is 32.4 Å². The highest BCUT2D eigenvalue weighted by Crippen LogP contribution is 2.19. The number of aromatic nitrogens is 1. The third-order valence-corrected chi connectivity index (χ3v) is 3.89. The number of ether oxygens (including phenoxy) is 2. The van der Waals surface area contributed by atoms with Crippen molar-refractivity contribution in [3.05, 3.63) is 58.2 Å². The smallest absolute Gasteiger partial charge is 0.355 e. The molecule has 8 heteroatoms. The highest BCUT2D eigenvalue weighted by molar-refractivity contribution is 5.99. The van der Waals surface area contributed by atoms with E-state index < -0.39 is 30.3 Å². The fourth-order valence-corrected chi connectivity index (χ4v) is 2.55. The minimum absolute atomic E-state index is 0.0172. The standard InChI is InChI=1S/C19H21FN2O5/c1-4-26-18(24)16-11(2)17(22-12(16)3)19(25)27-10-15(23)21-9-13-7-5-6-8-14(13)20/h5-8,22H,4,9-10H2,1-3H3,(H,21,23). The van der Waals surface area contributed by atoms with Crippen LogP contribution in [-0.2, 0) is 20.8 Å². The minimum atomic E-state index is -0.771. The highest BCUT2D eigenvalue weighted by atomic mass is 19.1. The number of carbonyl (C=O) groups is 3. The summed E-state index contributed by atoms with van der Waals surface area (Å²) in [5.74, 6) is -2.31. The molecule has 1 aromatic heterocycles. The first-order valence-electron chi connectivity index (χ1n) is 8.38. The second kappa shape index (κ2) is 8.98. The number of aryl methyl sites for hydroxylation is 1. The van der Waals surface area contributed by atoms with Crippen molar-refractivity contribution in [3.8, 4) is 0 Å². The van der Waals surface area contributed by atoms with Crippen molar-refractivity contribution in [1.29, 1.82) is 0 Å². The van der Waals surface area contributed by atoms with Gasteiger partial charge in [-0.2, -0.15) is 0 Å². The number of carbonyl (C=O) groups excluding carboxylic acids is 3. The molecule has 0 saturated carbocycles. The van der Waals surface area contributed by atoms with Crippen LogP contribution >= 0.6 is 0 Å². The van der Waals surface area contributed by atoms with Gasteiger partial charge in [0.15, 0.2) is 6.61 Å². The van der Waals surface area contributed by atoms with Crippen LogP contribution in [0.3, 0.4) is 0 Å². The fraction of sp³-hybridized carbons (Fsp3) is 0.316. The molecule has 0 saturated heterocycles. The van der Waals surface area contributed by atoms with Gasteiger partial charge in [0.1, 0.15) is 11.5 Å². The highest BCUT2D eigenvalue weighted by Gasteiger charge is 2.24. The summed E-state index contributed by atoms with van der Waals surface area (Å²) in [6.07, 6.45) is 0. The summed E-state index contributed by atoms with van der Waals surface area (Å²) in [6, 6.07) is 6.04. The molecule has 0 aliphatic carbocycles. The van der Waals surface area contributed by atoms with Crippen LogP contribution in [0, 0.1) is 19.7 Å². The van der Waals surface area contributed by atoms with Gasteiger partial charge in [0, 0.05) is 17.8 Å². The van der Waals surface area contributed by atoms with E-state index in [0.29, 0.717) is 16.8 Å². The summed E-state index contributed by atoms with van der Waals surface area (Å²) in [4.78, 5) is 38.7. The van der Waals surface area contributed by atoms with Crippen molar-refractivity contribution >= 4 is 17.8 Å². The van der Waals surface area contributed by atoms with E-state index in [9.17, 15) is 18.8 Å². The number of hydrogen-bond acceptors (Lipinski definition) is 5. The van der Waals surface area contributed by atoms with Crippen LogP contribution in [-0.4, -0.2) is 36.0 Å². The van der Waals surface area contributed by atoms with E-state index in [1.54, 1.807) is 39.0 Å². The van der Waals surface area contributed by atoms with E-state index in [4.69, 9.17) is 9.47 Å². The number of halogens is 1. The lowest BCUT2D eigenvalue weighted by molar-refractivity contribution is -0.124. The van der Waals surface area contributed by atoms with E-state index in [-0.39, 0.29) is 24.4 Å². The molecule has 1 amide bonds. The molecular formula is C19H21FN2O5. The Bertz CT molecular complexity index is 860. The Morgan fingerprint density at radius 1 is 1.11 bits per heavy atom. The summed E-state index contributed by atoms with van der Waals surface area (Å²) in [6.45, 7) is 4.58. The van der Waals surface area contributed by atoms with Crippen molar-refractivity contribution in [2.24, 2.45) is 0 Å². The molecule has 0 unspecified atom stereocenters. The predicted molar refractivity (Wildman–Crippen MR) is 94.8 cm³/mol.